The number of para-hydroxylation sites is 1. The molecular weight excluding hydrogens is 333 g/mol. The van der Waals surface area contributed by atoms with Crippen LogP contribution in [0.4, 0.5) is 18.9 Å². The summed E-state index contributed by atoms with van der Waals surface area (Å²) in [6.45, 7) is 1.60. The van der Waals surface area contributed by atoms with Crippen molar-refractivity contribution >= 4 is 16.6 Å². The van der Waals surface area contributed by atoms with E-state index in [1.165, 1.54) is 12.1 Å². The number of aromatic nitrogens is 2. The van der Waals surface area contributed by atoms with Crippen molar-refractivity contribution in [2.45, 2.75) is 19.1 Å². The Kier molecular flexibility index (Phi) is 4.22. The maximum atomic E-state index is 13.3. The molecule has 0 saturated carbocycles. The molecule has 5 nitrogen and oxygen atoms in total. The fourth-order valence-corrected chi connectivity index (χ4v) is 2.54. The van der Waals surface area contributed by atoms with Crippen LogP contribution >= 0.6 is 0 Å². The summed E-state index contributed by atoms with van der Waals surface area (Å²) < 4.78 is 40.9. The number of rotatable bonds is 3. The van der Waals surface area contributed by atoms with Gasteiger partial charge in [0.2, 0.25) is 0 Å². The third-order valence-corrected chi connectivity index (χ3v) is 3.65. The zero-order valence-electron chi connectivity index (χ0n) is 13.2. The number of fused-ring (bicyclic) bond motifs is 1. The van der Waals surface area contributed by atoms with Crippen LogP contribution in [0.25, 0.3) is 10.9 Å². The zero-order valence-corrected chi connectivity index (χ0v) is 13.2. The summed E-state index contributed by atoms with van der Waals surface area (Å²) in [4.78, 5) is 17.0. The predicted molar refractivity (Wildman–Crippen MR) is 89.1 cm³/mol. The Morgan fingerprint density at radius 3 is 2.40 bits per heavy atom. The van der Waals surface area contributed by atoms with E-state index in [1.807, 2.05) is 0 Å². The summed E-state index contributed by atoms with van der Waals surface area (Å²) in [6.07, 6.45) is -4.67. The lowest BCUT2D eigenvalue weighted by atomic mass is 10.1. The monoisotopic (exact) mass is 348 g/mol. The fraction of sp³-hybridized carbons (Fsp3) is 0.176. The van der Waals surface area contributed by atoms with Crippen LogP contribution in [0.3, 0.4) is 0 Å². The van der Waals surface area contributed by atoms with Crippen LogP contribution in [0, 0.1) is 0 Å². The molecule has 3 rings (SSSR count). The van der Waals surface area contributed by atoms with Crippen molar-refractivity contribution in [2.24, 2.45) is 5.73 Å². The molecule has 1 aromatic heterocycles. The van der Waals surface area contributed by atoms with Gasteiger partial charge in [0, 0.05) is 0 Å². The van der Waals surface area contributed by atoms with Crippen molar-refractivity contribution in [3.63, 3.8) is 0 Å². The second-order valence-electron chi connectivity index (χ2n) is 5.57. The van der Waals surface area contributed by atoms with Gasteiger partial charge in [-0.25, -0.2) is 9.66 Å². The van der Waals surface area contributed by atoms with Crippen LogP contribution in [0.15, 0.2) is 53.3 Å². The summed E-state index contributed by atoms with van der Waals surface area (Å²) in [5.74, 6) is 0.140. The molecule has 1 heterocycles. The summed E-state index contributed by atoms with van der Waals surface area (Å²) in [6, 6.07) is 11.4. The SMILES string of the molecule is C[C@H](N)c1nc2cccc(C(F)(F)F)c2c(=O)n1Nc1ccccc1. The topological polar surface area (TPSA) is 72.9 Å². The number of halogens is 3. The molecule has 0 unspecified atom stereocenters. The quantitative estimate of drug-likeness (QED) is 0.762. The van der Waals surface area contributed by atoms with Gasteiger partial charge in [0.1, 0.15) is 5.82 Å². The molecule has 25 heavy (non-hydrogen) atoms. The van der Waals surface area contributed by atoms with E-state index < -0.39 is 28.7 Å². The molecule has 8 heteroatoms. The first kappa shape index (κ1) is 17.0. The fourth-order valence-electron chi connectivity index (χ4n) is 2.54. The first-order valence-electron chi connectivity index (χ1n) is 7.49. The lowest BCUT2D eigenvalue weighted by Crippen LogP contribution is -2.34. The van der Waals surface area contributed by atoms with E-state index >= 15 is 0 Å². The van der Waals surface area contributed by atoms with Crippen molar-refractivity contribution in [2.75, 3.05) is 5.43 Å². The molecule has 0 saturated heterocycles. The molecule has 0 fully saturated rings. The van der Waals surface area contributed by atoms with E-state index in [2.05, 4.69) is 10.4 Å². The van der Waals surface area contributed by atoms with Gasteiger partial charge in [-0.1, -0.05) is 24.3 Å². The maximum Gasteiger partial charge on any atom is 0.417 e. The second kappa shape index (κ2) is 6.21. The Morgan fingerprint density at radius 1 is 1.12 bits per heavy atom. The van der Waals surface area contributed by atoms with Gasteiger partial charge in [0.25, 0.3) is 5.56 Å². The van der Waals surface area contributed by atoms with Gasteiger partial charge in [0.15, 0.2) is 0 Å². The molecule has 0 aliphatic heterocycles. The highest BCUT2D eigenvalue weighted by atomic mass is 19.4. The number of nitrogens with one attached hydrogen (secondary N) is 1. The summed E-state index contributed by atoms with van der Waals surface area (Å²) in [5, 5.41) is -0.497. The molecule has 2 aromatic carbocycles. The number of nitrogens with zero attached hydrogens (tertiary/aromatic N) is 2. The van der Waals surface area contributed by atoms with Crippen molar-refractivity contribution < 1.29 is 13.2 Å². The lowest BCUT2D eigenvalue weighted by molar-refractivity contribution is -0.136. The first-order chi connectivity index (χ1) is 11.8. The summed E-state index contributed by atoms with van der Waals surface area (Å²) in [5.41, 5.74) is 7.26. The number of alkyl halides is 3. The van der Waals surface area contributed by atoms with Crippen molar-refractivity contribution in [1.29, 1.82) is 0 Å². The number of nitrogens with two attached hydrogens (primary N) is 1. The average Bonchev–Trinajstić information content (AvgIpc) is 2.56. The van der Waals surface area contributed by atoms with Crippen molar-refractivity contribution in [1.82, 2.24) is 9.66 Å². The highest BCUT2D eigenvalue weighted by Gasteiger charge is 2.34. The predicted octanol–water partition coefficient (Wildman–Crippen LogP) is 3.31. The smallest absolute Gasteiger partial charge is 0.322 e. The lowest BCUT2D eigenvalue weighted by Gasteiger charge is -2.18. The first-order valence-corrected chi connectivity index (χ1v) is 7.49. The minimum atomic E-state index is -4.67. The Balaban J connectivity index is 2.32. The minimum Gasteiger partial charge on any atom is -0.322 e. The minimum absolute atomic E-state index is 0.0433. The van der Waals surface area contributed by atoms with Crippen molar-refractivity contribution in [3.8, 4) is 0 Å². The molecule has 0 aliphatic rings. The number of hydrogen-bond donors (Lipinski definition) is 2. The van der Waals surface area contributed by atoms with Crippen LogP contribution in [0.1, 0.15) is 24.4 Å². The molecule has 3 aromatic rings. The van der Waals surface area contributed by atoms with Gasteiger partial charge in [0.05, 0.1) is 28.2 Å². The van der Waals surface area contributed by atoms with Crippen LogP contribution in [0.5, 0.6) is 0 Å². The molecule has 0 amide bonds. The van der Waals surface area contributed by atoms with Crippen LogP contribution in [0.2, 0.25) is 0 Å². The zero-order chi connectivity index (χ0) is 18.2. The Labute approximate surface area is 140 Å². The van der Waals surface area contributed by atoms with Crippen LogP contribution in [-0.2, 0) is 6.18 Å². The normalized spacial score (nSPS) is 13.0. The highest BCUT2D eigenvalue weighted by Crippen LogP contribution is 2.33. The van der Waals surface area contributed by atoms with Crippen LogP contribution < -0.4 is 16.7 Å². The third kappa shape index (κ3) is 3.20. The van der Waals surface area contributed by atoms with E-state index in [-0.39, 0.29) is 11.3 Å². The van der Waals surface area contributed by atoms with E-state index in [0.29, 0.717) is 5.69 Å². The largest absolute Gasteiger partial charge is 0.417 e. The number of hydrogen-bond acceptors (Lipinski definition) is 4. The number of anilines is 1. The average molecular weight is 348 g/mol. The summed E-state index contributed by atoms with van der Waals surface area (Å²) >= 11 is 0. The van der Waals surface area contributed by atoms with Gasteiger partial charge < -0.3 is 5.73 Å². The van der Waals surface area contributed by atoms with Gasteiger partial charge >= 0.3 is 6.18 Å². The van der Waals surface area contributed by atoms with Crippen LogP contribution in [-0.4, -0.2) is 9.66 Å². The van der Waals surface area contributed by atoms with Crippen molar-refractivity contribution in [3.05, 3.63) is 70.3 Å². The molecular formula is C17H15F3N4O. The van der Waals surface area contributed by atoms with Gasteiger partial charge in [-0.3, -0.25) is 10.2 Å². The maximum absolute atomic E-state index is 13.3. The Morgan fingerprint density at radius 2 is 1.80 bits per heavy atom. The summed E-state index contributed by atoms with van der Waals surface area (Å²) in [7, 11) is 0. The third-order valence-electron chi connectivity index (χ3n) is 3.65. The molecule has 0 radical (unpaired) electrons. The van der Waals surface area contributed by atoms with Gasteiger partial charge in [-0.2, -0.15) is 13.2 Å². The molecule has 0 spiro atoms. The Bertz CT molecular complexity index is 965. The van der Waals surface area contributed by atoms with Gasteiger partial charge in [-0.15, -0.1) is 0 Å². The standard InChI is InChI=1S/C17H15F3N4O/c1-10(21)15-22-13-9-5-8-12(17(18,19)20)14(13)16(25)24(15)23-11-6-3-2-4-7-11/h2-10,23H,21H2,1H3/t10-/m0/s1. The van der Waals surface area contributed by atoms with Gasteiger partial charge in [-0.05, 0) is 31.2 Å². The molecule has 3 N–H and O–H groups in total. The molecule has 1 atom stereocenters. The van der Waals surface area contributed by atoms with E-state index in [9.17, 15) is 18.0 Å². The molecule has 130 valence electrons. The highest BCUT2D eigenvalue weighted by molar-refractivity contribution is 5.82. The van der Waals surface area contributed by atoms with E-state index in [4.69, 9.17) is 5.73 Å². The number of benzene rings is 2. The second-order valence-corrected chi connectivity index (χ2v) is 5.57. The molecule has 0 aliphatic carbocycles. The van der Waals surface area contributed by atoms with E-state index in [1.54, 1.807) is 37.3 Å². The molecule has 0 bridgehead atoms. The Hall–Kier alpha value is -2.87. The van der Waals surface area contributed by atoms with E-state index in [0.717, 1.165) is 10.7 Å².